The van der Waals surface area contributed by atoms with E-state index in [-0.39, 0.29) is 24.3 Å². The van der Waals surface area contributed by atoms with Crippen molar-refractivity contribution in [3.05, 3.63) is 65.7 Å². The predicted molar refractivity (Wildman–Crippen MR) is 96.5 cm³/mol. The predicted octanol–water partition coefficient (Wildman–Crippen LogP) is 2.78. The summed E-state index contributed by atoms with van der Waals surface area (Å²) >= 11 is 0. The van der Waals surface area contributed by atoms with E-state index in [1.165, 1.54) is 0 Å². The molecule has 1 atom stereocenters. The molecule has 1 aliphatic rings. The van der Waals surface area contributed by atoms with E-state index in [1.54, 1.807) is 24.3 Å². The van der Waals surface area contributed by atoms with Gasteiger partial charge in [-0.15, -0.1) is 0 Å². The summed E-state index contributed by atoms with van der Waals surface area (Å²) in [5.74, 6) is -0.350. The smallest absolute Gasteiger partial charge is 0.253 e. The Labute approximate surface area is 147 Å². The van der Waals surface area contributed by atoms with Crippen molar-refractivity contribution in [3.63, 3.8) is 0 Å². The zero-order valence-electron chi connectivity index (χ0n) is 14.0. The quantitative estimate of drug-likeness (QED) is 0.851. The summed E-state index contributed by atoms with van der Waals surface area (Å²) in [5.41, 5.74) is 1.91. The minimum Gasteiger partial charge on any atom is -0.376 e. The monoisotopic (exact) mass is 338 g/mol. The van der Waals surface area contributed by atoms with Crippen LogP contribution in [0.25, 0.3) is 0 Å². The summed E-state index contributed by atoms with van der Waals surface area (Å²) < 4.78 is 5.52. The van der Waals surface area contributed by atoms with E-state index in [0.717, 1.165) is 25.0 Å². The van der Waals surface area contributed by atoms with Gasteiger partial charge in [0.2, 0.25) is 5.91 Å². The molecule has 1 aliphatic heterocycles. The number of ether oxygens (including phenoxy) is 1. The van der Waals surface area contributed by atoms with Gasteiger partial charge in [0.25, 0.3) is 5.91 Å². The molecule has 0 radical (unpaired) electrons. The van der Waals surface area contributed by atoms with Gasteiger partial charge in [-0.05, 0) is 30.5 Å². The van der Waals surface area contributed by atoms with E-state index in [2.05, 4.69) is 10.6 Å². The van der Waals surface area contributed by atoms with Crippen molar-refractivity contribution >= 4 is 17.5 Å². The maximum Gasteiger partial charge on any atom is 0.253 e. The van der Waals surface area contributed by atoms with Gasteiger partial charge < -0.3 is 15.4 Å². The van der Waals surface area contributed by atoms with Gasteiger partial charge in [-0.25, -0.2) is 0 Å². The topological polar surface area (TPSA) is 67.4 Å². The first-order chi connectivity index (χ1) is 12.2. The minimum absolute atomic E-state index is 0.0868. The number of hydrogen-bond donors (Lipinski definition) is 2. The van der Waals surface area contributed by atoms with Gasteiger partial charge in [0, 0.05) is 13.2 Å². The Kier molecular flexibility index (Phi) is 5.80. The average Bonchev–Trinajstić information content (AvgIpc) is 3.14. The Morgan fingerprint density at radius 1 is 1.04 bits per heavy atom. The molecule has 0 unspecified atom stereocenters. The normalized spacial score (nSPS) is 16.4. The van der Waals surface area contributed by atoms with Gasteiger partial charge in [0.05, 0.1) is 23.8 Å². The van der Waals surface area contributed by atoms with Crippen molar-refractivity contribution in [2.24, 2.45) is 0 Å². The largest absolute Gasteiger partial charge is 0.376 e. The maximum atomic E-state index is 12.4. The first-order valence-electron chi connectivity index (χ1n) is 8.55. The number of carbonyl (C=O) groups excluding carboxylic acids is 2. The van der Waals surface area contributed by atoms with Crippen molar-refractivity contribution in [1.82, 2.24) is 5.32 Å². The molecule has 0 saturated carbocycles. The Morgan fingerprint density at radius 3 is 2.56 bits per heavy atom. The highest BCUT2D eigenvalue weighted by Crippen LogP contribution is 2.16. The van der Waals surface area contributed by atoms with E-state index in [4.69, 9.17) is 4.74 Å². The third kappa shape index (κ3) is 4.90. The second-order valence-electron chi connectivity index (χ2n) is 6.10. The lowest BCUT2D eigenvalue weighted by Crippen LogP contribution is -2.32. The summed E-state index contributed by atoms with van der Waals surface area (Å²) in [6.07, 6.45) is 2.36. The van der Waals surface area contributed by atoms with Gasteiger partial charge in [-0.1, -0.05) is 42.5 Å². The highest BCUT2D eigenvalue weighted by atomic mass is 16.5. The highest BCUT2D eigenvalue weighted by Gasteiger charge is 2.18. The van der Waals surface area contributed by atoms with Crippen molar-refractivity contribution in [3.8, 4) is 0 Å². The van der Waals surface area contributed by atoms with Crippen LogP contribution in [0.5, 0.6) is 0 Å². The van der Waals surface area contributed by atoms with Crippen LogP contribution in [0.4, 0.5) is 5.69 Å². The number of rotatable bonds is 6. The van der Waals surface area contributed by atoms with E-state index in [9.17, 15) is 9.59 Å². The molecule has 3 rings (SSSR count). The third-order valence-electron chi connectivity index (χ3n) is 4.17. The fourth-order valence-electron chi connectivity index (χ4n) is 2.87. The Hall–Kier alpha value is -2.66. The van der Waals surface area contributed by atoms with E-state index >= 15 is 0 Å². The van der Waals surface area contributed by atoms with Crippen LogP contribution in [-0.4, -0.2) is 31.1 Å². The first kappa shape index (κ1) is 17.2. The molecular formula is C20H22N2O3. The van der Waals surface area contributed by atoms with Crippen LogP contribution in [0.2, 0.25) is 0 Å². The minimum atomic E-state index is -0.203. The molecule has 2 aromatic rings. The van der Waals surface area contributed by atoms with Crippen molar-refractivity contribution in [2.75, 3.05) is 18.5 Å². The fraction of sp³-hybridized carbons (Fsp3) is 0.300. The zero-order valence-corrected chi connectivity index (χ0v) is 14.0. The number of benzene rings is 2. The van der Waals surface area contributed by atoms with Gasteiger partial charge in [-0.3, -0.25) is 9.59 Å². The van der Waals surface area contributed by atoms with Crippen LogP contribution in [0.1, 0.15) is 28.8 Å². The molecule has 0 aliphatic carbocycles. The number of nitrogens with one attached hydrogen (secondary N) is 2. The van der Waals surface area contributed by atoms with Gasteiger partial charge >= 0.3 is 0 Å². The van der Waals surface area contributed by atoms with E-state index in [0.29, 0.717) is 17.8 Å². The summed E-state index contributed by atoms with van der Waals surface area (Å²) in [6.45, 7) is 1.25. The number of amides is 2. The zero-order chi connectivity index (χ0) is 17.5. The Balaban J connectivity index is 1.61. The summed E-state index contributed by atoms with van der Waals surface area (Å²) in [4.78, 5) is 24.7. The van der Waals surface area contributed by atoms with Crippen LogP contribution >= 0.6 is 0 Å². The van der Waals surface area contributed by atoms with Crippen LogP contribution in [0.15, 0.2) is 54.6 Å². The molecule has 1 heterocycles. The number of anilines is 1. The SMILES string of the molecule is O=C(Cc1ccccc1)Nc1ccccc1C(=O)NC[C@H]1CCCO1. The molecule has 0 aromatic heterocycles. The standard InChI is InChI=1S/C20H22N2O3/c23-19(13-15-7-2-1-3-8-15)22-18-11-5-4-10-17(18)20(24)21-14-16-9-6-12-25-16/h1-5,7-8,10-11,16H,6,9,12-14H2,(H,21,24)(H,22,23)/t16-/m1/s1. The fourth-order valence-corrected chi connectivity index (χ4v) is 2.87. The van der Waals surface area contributed by atoms with Crippen LogP contribution in [0.3, 0.4) is 0 Å². The number of para-hydroxylation sites is 1. The van der Waals surface area contributed by atoms with E-state index in [1.807, 2.05) is 30.3 Å². The Bertz CT molecular complexity index is 725. The van der Waals surface area contributed by atoms with Gasteiger partial charge in [0.15, 0.2) is 0 Å². The molecule has 0 spiro atoms. The summed E-state index contributed by atoms with van der Waals surface area (Å²) in [7, 11) is 0. The van der Waals surface area contributed by atoms with Crippen LogP contribution in [0, 0.1) is 0 Å². The summed E-state index contributed by atoms with van der Waals surface area (Å²) in [6, 6.07) is 16.6. The molecule has 0 bridgehead atoms. The molecule has 1 fully saturated rings. The Morgan fingerprint density at radius 2 is 1.80 bits per heavy atom. The van der Waals surface area contributed by atoms with Crippen LogP contribution < -0.4 is 10.6 Å². The van der Waals surface area contributed by atoms with Gasteiger partial charge in [0.1, 0.15) is 0 Å². The second kappa shape index (κ2) is 8.44. The van der Waals surface area contributed by atoms with Crippen molar-refractivity contribution < 1.29 is 14.3 Å². The summed E-state index contributed by atoms with van der Waals surface area (Å²) in [5, 5.41) is 5.73. The highest BCUT2D eigenvalue weighted by molar-refractivity contribution is 6.04. The maximum absolute atomic E-state index is 12.4. The first-order valence-corrected chi connectivity index (χ1v) is 8.55. The molecular weight excluding hydrogens is 316 g/mol. The molecule has 2 aromatic carbocycles. The number of hydrogen-bond acceptors (Lipinski definition) is 3. The third-order valence-corrected chi connectivity index (χ3v) is 4.17. The molecule has 1 saturated heterocycles. The molecule has 25 heavy (non-hydrogen) atoms. The lowest BCUT2D eigenvalue weighted by Gasteiger charge is -2.14. The molecule has 5 nitrogen and oxygen atoms in total. The molecule has 130 valence electrons. The van der Waals surface area contributed by atoms with Gasteiger partial charge in [-0.2, -0.15) is 0 Å². The molecule has 2 amide bonds. The molecule has 2 N–H and O–H groups in total. The lowest BCUT2D eigenvalue weighted by molar-refractivity contribution is -0.115. The van der Waals surface area contributed by atoms with Crippen LogP contribution in [-0.2, 0) is 16.0 Å². The number of carbonyl (C=O) groups is 2. The van der Waals surface area contributed by atoms with Crippen molar-refractivity contribution in [1.29, 1.82) is 0 Å². The average molecular weight is 338 g/mol. The van der Waals surface area contributed by atoms with Crippen molar-refractivity contribution in [2.45, 2.75) is 25.4 Å². The van der Waals surface area contributed by atoms with E-state index < -0.39 is 0 Å². The second-order valence-corrected chi connectivity index (χ2v) is 6.10. The lowest BCUT2D eigenvalue weighted by atomic mass is 10.1. The molecule has 5 heteroatoms.